The maximum Gasteiger partial charge on any atom is 0.132 e. The number of nitrogens with zero attached hydrogens (tertiary/aromatic N) is 3. The van der Waals surface area contributed by atoms with Crippen molar-refractivity contribution in [1.29, 1.82) is 0 Å². The molecule has 1 atom stereocenters. The highest BCUT2D eigenvalue weighted by molar-refractivity contribution is 6.00. The van der Waals surface area contributed by atoms with Gasteiger partial charge in [0.05, 0.1) is 0 Å². The van der Waals surface area contributed by atoms with E-state index in [9.17, 15) is 0 Å². The highest BCUT2D eigenvalue weighted by Crippen LogP contribution is 2.30. The predicted molar refractivity (Wildman–Crippen MR) is 153 cm³/mol. The van der Waals surface area contributed by atoms with Gasteiger partial charge in [0, 0.05) is 25.8 Å². The minimum Gasteiger partial charge on any atom is -0.352 e. The molecule has 1 aromatic carbocycles. The SMILES string of the molecule is CC.CCC/C=C/NC(=NCCc1ccccc1)C1=C(C)CN(c2ncccc2C(C)CC)CC1. The standard InChI is InChI=1S/C29H40N4.C2H6/c1-5-7-11-18-30-28(31-20-16-25-13-9-8-10-14-25)26-17-21-33(22-24(26)4)29-27(23(3)6-2)15-12-19-32-29;1-2/h8-15,18-19,23H,5-7,16-17,20-22H2,1-4H3,(H,30,31);1-2H3/b18-11+;. The van der Waals surface area contributed by atoms with Crippen molar-refractivity contribution in [3.8, 4) is 0 Å². The number of rotatable bonds is 10. The van der Waals surface area contributed by atoms with Gasteiger partial charge < -0.3 is 10.2 Å². The largest absolute Gasteiger partial charge is 0.352 e. The third kappa shape index (κ3) is 8.69. The van der Waals surface area contributed by atoms with E-state index in [0.29, 0.717) is 5.92 Å². The van der Waals surface area contributed by atoms with E-state index in [1.54, 1.807) is 0 Å². The van der Waals surface area contributed by atoms with E-state index in [1.807, 2.05) is 20.0 Å². The van der Waals surface area contributed by atoms with Crippen molar-refractivity contribution >= 4 is 11.7 Å². The predicted octanol–water partition coefficient (Wildman–Crippen LogP) is 7.69. The van der Waals surface area contributed by atoms with Gasteiger partial charge in [0.15, 0.2) is 0 Å². The lowest BCUT2D eigenvalue weighted by molar-refractivity contribution is 0.703. The zero-order chi connectivity index (χ0) is 25.5. The zero-order valence-electron chi connectivity index (χ0n) is 22.8. The number of pyridine rings is 1. The summed E-state index contributed by atoms with van der Waals surface area (Å²) in [5, 5.41) is 3.51. The third-order valence-electron chi connectivity index (χ3n) is 6.43. The molecule has 0 spiro atoms. The van der Waals surface area contributed by atoms with Crippen LogP contribution >= 0.6 is 0 Å². The Balaban J connectivity index is 0.00000210. The van der Waals surface area contributed by atoms with Crippen LogP contribution < -0.4 is 10.2 Å². The van der Waals surface area contributed by atoms with E-state index in [-0.39, 0.29) is 0 Å². The molecule has 0 saturated heterocycles. The van der Waals surface area contributed by atoms with E-state index in [1.165, 1.54) is 22.3 Å². The molecule has 0 radical (unpaired) electrons. The van der Waals surface area contributed by atoms with Crippen molar-refractivity contribution in [2.75, 3.05) is 24.5 Å². The smallest absolute Gasteiger partial charge is 0.132 e. The molecule has 4 nitrogen and oxygen atoms in total. The molecule has 2 heterocycles. The van der Waals surface area contributed by atoms with E-state index < -0.39 is 0 Å². The number of benzene rings is 1. The van der Waals surface area contributed by atoms with E-state index in [2.05, 4.69) is 92.7 Å². The Kier molecular flexibility index (Phi) is 12.9. The summed E-state index contributed by atoms with van der Waals surface area (Å²) in [5.41, 5.74) is 5.40. The second-order valence-corrected chi connectivity index (χ2v) is 8.96. The van der Waals surface area contributed by atoms with Crippen molar-refractivity contribution < 1.29 is 0 Å². The normalized spacial score (nSPS) is 15.1. The Labute approximate surface area is 214 Å². The minimum absolute atomic E-state index is 0.514. The quantitative estimate of drug-likeness (QED) is 0.283. The van der Waals surface area contributed by atoms with Crippen LogP contribution in [0.15, 0.2) is 77.1 Å². The number of nitrogens with one attached hydrogen (secondary N) is 1. The maximum atomic E-state index is 5.01. The summed E-state index contributed by atoms with van der Waals surface area (Å²) in [6, 6.07) is 14.9. The average Bonchev–Trinajstić information content (AvgIpc) is 2.91. The van der Waals surface area contributed by atoms with Gasteiger partial charge in [-0.25, -0.2) is 4.98 Å². The van der Waals surface area contributed by atoms with Crippen LogP contribution in [0.5, 0.6) is 0 Å². The number of hydrogen-bond donors (Lipinski definition) is 1. The van der Waals surface area contributed by atoms with Crippen molar-refractivity contribution in [2.24, 2.45) is 4.99 Å². The number of aromatic nitrogens is 1. The van der Waals surface area contributed by atoms with Crippen molar-refractivity contribution in [1.82, 2.24) is 10.3 Å². The number of amidine groups is 1. The average molecular weight is 475 g/mol. The summed E-state index contributed by atoms with van der Waals surface area (Å²) in [7, 11) is 0. The molecule has 0 saturated carbocycles. The topological polar surface area (TPSA) is 40.5 Å². The number of aliphatic imine (C=N–C) groups is 1. The fraction of sp³-hybridized carbons (Fsp3) is 0.484. The summed E-state index contributed by atoms with van der Waals surface area (Å²) in [6.07, 6.45) is 11.5. The summed E-state index contributed by atoms with van der Waals surface area (Å²) in [4.78, 5) is 12.2. The molecule has 0 bridgehead atoms. The molecular weight excluding hydrogens is 428 g/mol. The van der Waals surface area contributed by atoms with Crippen molar-refractivity contribution in [3.63, 3.8) is 0 Å². The van der Waals surface area contributed by atoms with Gasteiger partial charge in [-0.1, -0.05) is 83.5 Å². The fourth-order valence-electron chi connectivity index (χ4n) is 4.26. The van der Waals surface area contributed by atoms with Gasteiger partial charge in [-0.3, -0.25) is 4.99 Å². The lowest BCUT2D eigenvalue weighted by Crippen LogP contribution is -2.36. The molecule has 1 unspecified atom stereocenters. The van der Waals surface area contributed by atoms with E-state index >= 15 is 0 Å². The lowest BCUT2D eigenvalue weighted by Gasteiger charge is -2.33. The molecule has 3 rings (SSSR count). The fourth-order valence-corrected chi connectivity index (χ4v) is 4.26. The molecular formula is C31H46N4. The number of anilines is 1. The molecule has 35 heavy (non-hydrogen) atoms. The van der Waals surface area contributed by atoms with Gasteiger partial charge in [0.25, 0.3) is 0 Å². The molecule has 4 heteroatoms. The summed E-state index contributed by atoms with van der Waals surface area (Å²) in [5.74, 6) is 2.68. The zero-order valence-corrected chi connectivity index (χ0v) is 22.8. The van der Waals surface area contributed by atoms with Crippen LogP contribution in [0.25, 0.3) is 0 Å². The first-order valence-corrected chi connectivity index (χ1v) is 13.5. The first-order chi connectivity index (χ1) is 17.1. The number of hydrogen-bond acceptors (Lipinski definition) is 3. The molecule has 0 fully saturated rings. The van der Waals surface area contributed by atoms with Crippen LogP contribution in [-0.2, 0) is 6.42 Å². The minimum atomic E-state index is 0.514. The van der Waals surface area contributed by atoms with Crippen LogP contribution in [0.4, 0.5) is 5.82 Å². The molecule has 1 N–H and O–H groups in total. The molecule has 2 aromatic rings. The molecule has 0 amide bonds. The molecule has 0 aliphatic carbocycles. The molecule has 1 aromatic heterocycles. The molecule has 190 valence electrons. The first-order valence-electron chi connectivity index (χ1n) is 13.5. The van der Waals surface area contributed by atoms with E-state index in [4.69, 9.17) is 9.98 Å². The second kappa shape index (κ2) is 15.9. The van der Waals surface area contributed by atoms with Gasteiger partial charge in [0.1, 0.15) is 11.7 Å². The molecule has 1 aliphatic heterocycles. The van der Waals surface area contributed by atoms with Crippen LogP contribution in [-0.4, -0.2) is 30.5 Å². The number of allylic oxidation sites excluding steroid dienone is 1. The highest BCUT2D eigenvalue weighted by Gasteiger charge is 2.23. The number of unbranched alkanes of at least 4 members (excludes halogenated alkanes) is 1. The lowest BCUT2D eigenvalue weighted by atomic mass is 9.96. The third-order valence-corrected chi connectivity index (χ3v) is 6.43. The van der Waals surface area contributed by atoms with Crippen LogP contribution in [0.2, 0.25) is 0 Å². The van der Waals surface area contributed by atoms with E-state index in [0.717, 1.165) is 63.4 Å². The van der Waals surface area contributed by atoms with Crippen molar-refractivity contribution in [3.05, 3.63) is 83.2 Å². The highest BCUT2D eigenvalue weighted by atomic mass is 15.2. The Bertz CT molecular complexity index is 959. The molecule has 1 aliphatic rings. The summed E-state index contributed by atoms with van der Waals surface area (Å²) in [6.45, 7) is 15.6. The monoisotopic (exact) mass is 474 g/mol. The van der Waals surface area contributed by atoms with Gasteiger partial charge in [-0.05, 0) is 73.1 Å². The Hall–Kier alpha value is -2.88. The summed E-state index contributed by atoms with van der Waals surface area (Å²) >= 11 is 0. The van der Waals surface area contributed by atoms with Crippen molar-refractivity contribution in [2.45, 2.75) is 79.6 Å². The van der Waals surface area contributed by atoms with Gasteiger partial charge in [-0.2, -0.15) is 0 Å². The summed E-state index contributed by atoms with van der Waals surface area (Å²) < 4.78 is 0. The maximum absolute atomic E-state index is 5.01. The Morgan fingerprint density at radius 1 is 1.14 bits per heavy atom. The van der Waals surface area contributed by atoms with Crippen LogP contribution in [0.3, 0.4) is 0 Å². The van der Waals surface area contributed by atoms with Crippen LogP contribution in [0.1, 0.15) is 84.3 Å². The van der Waals surface area contributed by atoms with Gasteiger partial charge in [0.2, 0.25) is 0 Å². The van der Waals surface area contributed by atoms with Crippen LogP contribution in [0, 0.1) is 0 Å². The second-order valence-electron chi connectivity index (χ2n) is 8.96. The first kappa shape index (κ1) is 28.4. The Morgan fingerprint density at radius 3 is 2.60 bits per heavy atom. The van der Waals surface area contributed by atoms with Gasteiger partial charge >= 0.3 is 0 Å². The Morgan fingerprint density at radius 2 is 1.91 bits per heavy atom. The van der Waals surface area contributed by atoms with Gasteiger partial charge in [-0.15, -0.1) is 0 Å².